The van der Waals surface area contributed by atoms with E-state index in [1.54, 1.807) is 50.1 Å². The Balaban J connectivity index is 0.000000176. The van der Waals surface area contributed by atoms with Crippen LogP contribution in [0, 0.1) is 0 Å². The lowest BCUT2D eigenvalue weighted by atomic mass is 10.1. The van der Waals surface area contributed by atoms with Gasteiger partial charge in [-0.1, -0.05) is 67.6 Å². The lowest BCUT2D eigenvalue weighted by Gasteiger charge is -2.19. The number of aryl methyl sites for hydroxylation is 2. The van der Waals surface area contributed by atoms with Crippen LogP contribution in [0.3, 0.4) is 0 Å². The Morgan fingerprint density at radius 3 is 1.09 bits per heavy atom. The third-order valence-electron chi connectivity index (χ3n) is 14.0. The number of anilines is 3. The largest absolute Gasteiger partial charge is 0.643 e. The van der Waals surface area contributed by atoms with Crippen molar-refractivity contribution in [3.8, 4) is 23.0 Å². The number of nitrogens with zero attached hydrogens (tertiary/aromatic N) is 3. The quantitative estimate of drug-likeness (QED) is 0.0913. The molecule has 19 nitrogen and oxygen atoms in total. The number of hydrogen-bond acceptors (Lipinski definition) is 16. The first-order valence-corrected chi connectivity index (χ1v) is 44.0. The molecule has 6 aromatic carbocycles. The Bertz CT molecular complexity index is 3990. The number of sulfone groups is 1. The molecule has 0 spiro atoms. The van der Waals surface area contributed by atoms with Crippen molar-refractivity contribution < 1.29 is 69.5 Å². The fourth-order valence-electron chi connectivity index (χ4n) is 9.48. The highest BCUT2D eigenvalue weighted by Gasteiger charge is 2.32. The van der Waals surface area contributed by atoms with Gasteiger partial charge in [0.25, 0.3) is 9.05 Å². The summed E-state index contributed by atoms with van der Waals surface area (Å²) >= 11 is -1.72. The van der Waals surface area contributed by atoms with Crippen molar-refractivity contribution in [1.29, 1.82) is 0 Å². The van der Waals surface area contributed by atoms with Gasteiger partial charge in [-0.3, -0.25) is 12.9 Å². The van der Waals surface area contributed by atoms with Gasteiger partial charge < -0.3 is 18.9 Å². The van der Waals surface area contributed by atoms with Gasteiger partial charge in [0.1, 0.15) is 26.4 Å². The van der Waals surface area contributed by atoms with Crippen LogP contribution < -0.4 is 31.9 Å². The molecular weight excluding hydrogens is 1380 g/mol. The number of hydrogen-bond donors (Lipinski definition) is 0. The molecule has 0 fully saturated rings. The molecular formula is C57H67AlCl5N3O16S6. The van der Waals surface area contributed by atoms with E-state index in [1.807, 2.05) is 48.5 Å². The second-order valence-corrected chi connectivity index (χ2v) is 40.0. The van der Waals surface area contributed by atoms with Crippen LogP contribution in [0.25, 0.3) is 0 Å². The van der Waals surface area contributed by atoms with Crippen molar-refractivity contribution in [2.45, 2.75) is 80.9 Å². The average molecular weight is 1450 g/mol. The van der Waals surface area contributed by atoms with E-state index in [0.29, 0.717) is 86.7 Å². The number of halogens is 5. The minimum atomic E-state index is -3.76. The molecule has 0 bridgehead atoms. The zero-order chi connectivity index (χ0) is 64.7. The van der Waals surface area contributed by atoms with Gasteiger partial charge in [0.2, 0.25) is 49.0 Å². The molecule has 12 rings (SSSR count). The lowest BCUT2D eigenvalue weighted by Crippen LogP contribution is -2.30. The first-order chi connectivity index (χ1) is 41.5. The van der Waals surface area contributed by atoms with Gasteiger partial charge in [-0.25, -0.2) is 80.7 Å². The molecule has 88 heavy (non-hydrogen) atoms. The Morgan fingerprint density at radius 1 is 0.386 bits per heavy atom. The third-order valence-corrected chi connectivity index (χ3v) is 23.8. The maximum atomic E-state index is 13.0. The predicted octanol–water partition coefficient (Wildman–Crippen LogP) is 10.6. The smallest absolute Gasteiger partial charge is 0.486 e. The maximum absolute atomic E-state index is 13.0. The lowest BCUT2D eigenvalue weighted by molar-refractivity contribution is 0.171. The molecule has 0 saturated heterocycles. The highest BCUT2D eigenvalue weighted by Crippen LogP contribution is 2.38. The number of rotatable bonds is 10. The molecule has 0 saturated carbocycles. The third kappa shape index (κ3) is 20.1. The summed E-state index contributed by atoms with van der Waals surface area (Å²) in [7, 11) is 4.53. The number of sulfonamides is 3. The van der Waals surface area contributed by atoms with Crippen molar-refractivity contribution in [1.82, 2.24) is 0 Å². The van der Waals surface area contributed by atoms with E-state index < -0.39 is 69.4 Å². The van der Waals surface area contributed by atoms with Crippen LogP contribution in [0.1, 0.15) is 61.9 Å². The molecule has 5 heterocycles. The summed E-state index contributed by atoms with van der Waals surface area (Å²) in [6, 6.07) is 37.5. The second kappa shape index (κ2) is 32.2. The first-order valence-electron chi connectivity index (χ1n) is 27.7. The summed E-state index contributed by atoms with van der Waals surface area (Å²) in [5.74, 6) is 2.23. The van der Waals surface area contributed by atoms with Crippen LogP contribution in [-0.2, 0) is 90.1 Å². The maximum Gasteiger partial charge on any atom is 0.643 e. The fourth-order valence-corrected chi connectivity index (χ4v) is 15.1. The number of benzene rings is 6. The molecule has 31 heteroatoms. The van der Waals surface area contributed by atoms with Crippen molar-refractivity contribution in [2.24, 2.45) is 0 Å². The second-order valence-electron chi connectivity index (χ2n) is 19.5. The van der Waals surface area contributed by atoms with Crippen molar-refractivity contribution in [3.05, 3.63) is 155 Å². The minimum Gasteiger partial charge on any atom is -0.486 e. The number of para-hydroxylation sites is 2. The standard InChI is InChI=1S/C18H19NO6S2.2C10H13NO2S.C9H10.C8H7ClO4S.C2H5ClO2S.Al.3ClH/c1-2-26(20,21)19-8-7-13-11-14(3-5-16(13)19)27(22,23)15-4-6-17-18(12-15)25-10-9-24-17;2*1-2-14(12,13)11-8-7-9-5-3-4-6-10(9)11;1-2-5-9-7-3-6-8(9)4-1;9-14(10,11)6-1-2-7-8(5-6)13-4-3-12-7;1-2-6(3,4)5;;;;/h3-6,11-12H,2,7-10H2,1H3;2*3-6H,2,7-8H2,1H3;1-2,4-5H,3,6-7H2;1-2,5H,3-4H2;2H2,1H3;;3*1H/q;;;;;;+3;;;/p-3. The Labute approximate surface area is 543 Å². The molecule has 0 aromatic heterocycles. The van der Waals surface area contributed by atoms with E-state index in [0.717, 1.165) is 35.3 Å². The summed E-state index contributed by atoms with van der Waals surface area (Å²) in [6.07, 6.45) is 6.11. The van der Waals surface area contributed by atoms with E-state index in [2.05, 4.69) is 34.9 Å². The summed E-state index contributed by atoms with van der Waals surface area (Å²) in [5.41, 5.74) is 8.37. The summed E-state index contributed by atoms with van der Waals surface area (Å²) in [4.78, 5) is 0.264. The van der Waals surface area contributed by atoms with Gasteiger partial charge in [-0.15, -0.1) is 0 Å². The van der Waals surface area contributed by atoms with Crippen LogP contribution in [0.15, 0.2) is 142 Å². The van der Waals surface area contributed by atoms with Crippen LogP contribution in [-0.4, -0.2) is 131 Å². The van der Waals surface area contributed by atoms with E-state index in [1.165, 1.54) is 75.5 Å². The van der Waals surface area contributed by atoms with Gasteiger partial charge >= 0.3 is 11.4 Å². The van der Waals surface area contributed by atoms with Crippen molar-refractivity contribution in [3.63, 3.8) is 0 Å². The van der Waals surface area contributed by atoms with Gasteiger partial charge in [0.05, 0.1) is 54.8 Å². The minimum absolute atomic E-state index is 0.00366. The number of fused-ring (bicyclic) bond motifs is 6. The van der Waals surface area contributed by atoms with E-state index in [9.17, 15) is 50.5 Å². The zero-order valence-corrected chi connectivity index (χ0v) is 58.3. The molecule has 5 aliphatic heterocycles. The van der Waals surface area contributed by atoms with Crippen molar-refractivity contribution in [2.75, 3.05) is 82.0 Å². The number of ether oxygens (including phenoxy) is 4. The molecule has 1 aliphatic carbocycles. The van der Waals surface area contributed by atoms with Crippen LogP contribution in [0.4, 0.5) is 17.1 Å². The van der Waals surface area contributed by atoms with Crippen LogP contribution in [0.5, 0.6) is 23.0 Å². The van der Waals surface area contributed by atoms with Crippen LogP contribution >= 0.6 is 51.5 Å². The molecule has 0 radical (unpaired) electrons. The molecule has 6 aromatic rings. The van der Waals surface area contributed by atoms with E-state index in [4.69, 9.17) is 59.8 Å². The molecule has 0 atom stereocenters. The topological polar surface area (TPSA) is 251 Å². The van der Waals surface area contributed by atoms with Gasteiger partial charge in [-0.2, -0.15) is 0 Å². The van der Waals surface area contributed by atoms with Gasteiger partial charge in [0, 0.05) is 53.1 Å². The first kappa shape index (κ1) is 72.7. The zero-order valence-electron chi connectivity index (χ0n) is 48.4. The predicted molar refractivity (Wildman–Crippen MR) is 351 cm³/mol. The average Bonchev–Trinajstić information content (AvgIpc) is 2.39. The van der Waals surface area contributed by atoms with Crippen molar-refractivity contribution >= 4 is 138 Å². The molecule has 480 valence electrons. The van der Waals surface area contributed by atoms with E-state index in [-0.39, 0.29) is 37.7 Å². The Morgan fingerprint density at radius 2 is 0.705 bits per heavy atom. The normalized spacial score (nSPS) is 15.1. The summed E-state index contributed by atoms with van der Waals surface area (Å²) in [6.45, 7) is 9.64. The summed E-state index contributed by atoms with van der Waals surface area (Å²) in [5, 5.41) is 0. The Hall–Kier alpha value is -4.40. The van der Waals surface area contributed by atoms with Gasteiger partial charge in [0.15, 0.2) is 23.0 Å². The fraction of sp³-hybridized carbons (Fsp3) is 0.368. The van der Waals surface area contributed by atoms with Crippen LogP contribution in [0.2, 0.25) is 0 Å². The highest BCUT2D eigenvalue weighted by atomic mass is 35.8. The highest BCUT2D eigenvalue weighted by molar-refractivity contribution is 8.14. The van der Waals surface area contributed by atoms with Gasteiger partial charge in [-0.05, 0) is 142 Å². The molecule has 6 aliphatic rings. The summed E-state index contributed by atoms with van der Waals surface area (Å²) < 4.78 is 164. The Kier molecular flexibility index (Phi) is 26.6. The van der Waals surface area contributed by atoms with E-state index >= 15 is 0 Å². The molecule has 0 N–H and O–H groups in total. The monoisotopic (exact) mass is 1440 g/mol. The SMILES string of the molecule is CCS(=O)(=O)Cl.CCS(=O)(=O)N1CCc2cc(S(=O)(=O)c3ccc4c(c3)OCCO4)ccc21.CCS(=O)(=O)N1CCc2ccccc21.CCS(=O)(=O)N1CCc2ccccc21.O=S(=O)(Cl)c1ccc2c(c1)OCCO2.[Cl][Al]([Cl])[Cl].c1ccc2c(c1)CCC2. The molecule has 0 amide bonds. The molecule has 0 unspecified atom stereocenters.